The molecule has 1 fully saturated rings. The summed E-state index contributed by atoms with van der Waals surface area (Å²) in [5.74, 6) is 0.233. The second-order valence-corrected chi connectivity index (χ2v) is 3.89. The van der Waals surface area contributed by atoms with Crippen molar-refractivity contribution in [3.63, 3.8) is 0 Å². The number of Topliss-reactive ketones (excluding diaryl/α,β-unsaturated/α-hetero) is 1. The fourth-order valence-corrected chi connectivity index (χ4v) is 1.70. The van der Waals surface area contributed by atoms with E-state index in [2.05, 4.69) is 10.3 Å². The van der Waals surface area contributed by atoms with Crippen LogP contribution in [0.5, 0.6) is 0 Å². The molecule has 1 saturated heterocycles. The number of carbonyl (C=O) groups is 1. The summed E-state index contributed by atoms with van der Waals surface area (Å²) in [4.78, 5) is 16.1. The van der Waals surface area contributed by atoms with Crippen LogP contribution in [-0.2, 0) is 4.74 Å². The third-order valence-corrected chi connectivity index (χ3v) is 2.56. The number of carbonyl (C=O) groups excluding carboxylic acids is 1. The maximum atomic E-state index is 12.1. The molecule has 2 heterocycles. The number of nitrogens with two attached hydrogens (primary N) is 1. The first kappa shape index (κ1) is 11.0. The molecule has 1 aliphatic rings. The number of hydrogen-bond acceptors (Lipinski definition) is 5. The summed E-state index contributed by atoms with van der Waals surface area (Å²) in [6.07, 6.45) is 1.65. The van der Waals surface area contributed by atoms with Crippen LogP contribution in [0.1, 0.15) is 15.9 Å². The number of nitrogen functional groups attached to an aromatic ring is 1. The van der Waals surface area contributed by atoms with Gasteiger partial charge in [-0.2, -0.15) is 0 Å². The fourth-order valence-electron chi connectivity index (χ4n) is 1.70. The lowest BCUT2D eigenvalue weighted by atomic mass is 10.0. The lowest BCUT2D eigenvalue weighted by molar-refractivity contribution is 0.0608. The highest BCUT2D eigenvalue weighted by molar-refractivity contribution is 6.03. The molecule has 0 aliphatic carbocycles. The van der Waals surface area contributed by atoms with Gasteiger partial charge in [0.25, 0.3) is 0 Å². The van der Waals surface area contributed by atoms with Crippen LogP contribution in [0.4, 0.5) is 5.82 Å². The largest absolute Gasteiger partial charge is 0.383 e. The monoisotopic (exact) mass is 221 g/mol. The SMILES string of the molecule is Cc1cnc(N)c(C(=O)C2COCCN2)c1. The van der Waals surface area contributed by atoms with Gasteiger partial charge in [0.05, 0.1) is 24.8 Å². The van der Waals surface area contributed by atoms with Crippen molar-refractivity contribution >= 4 is 11.6 Å². The van der Waals surface area contributed by atoms with E-state index in [1.807, 2.05) is 6.92 Å². The molecule has 0 spiro atoms. The standard InChI is InChI=1S/C11H15N3O2/c1-7-4-8(11(12)14-5-7)10(15)9-6-16-3-2-13-9/h4-5,9,13H,2-3,6H2,1H3,(H2,12,14). The Labute approximate surface area is 94.0 Å². The van der Waals surface area contributed by atoms with Gasteiger partial charge in [0, 0.05) is 12.7 Å². The highest BCUT2D eigenvalue weighted by Gasteiger charge is 2.24. The predicted molar refractivity (Wildman–Crippen MR) is 60.3 cm³/mol. The van der Waals surface area contributed by atoms with Gasteiger partial charge in [-0.15, -0.1) is 0 Å². The van der Waals surface area contributed by atoms with Gasteiger partial charge in [0.1, 0.15) is 5.82 Å². The number of ketones is 1. The molecule has 3 N–H and O–H groups in total. The van der Waals surface area contributed by atoms with Crippen molar-refractivity contribution in [3.05, 3.63) is 23.4 Å². The van der Waals surface area contributed by atoms with Crippen molar-refractivity contribution in [1.82, 2.24) is 10.3 Å². The summed E-state index contributed by atoms with van der Waals surface area (Å²) < 4.78 is 5.25. The fraction of sp³-hybridized carbons (Fsp3) is 0.455. The molecule has 0 aromatic carbocycles. The molecule has 16 heavy (non-hydrogen) atoms. The number of rotatable bonds is 2. The maximum Gasteiger partial charge on any atom is 0.185 e. The molecule has 2 rings (SSSR count). The number of morpholine rings is 1. The van der Waals surface area contributed by atoms with Crippen LogP contribution in [0, 0.1) is 6.92 Å². The smallest absolute Gasteiger partial charge is 0.185 e. The zero-order chi connectivity index (χ0) is 11.5. The molecule has 1 atom stereocenters. The highest BCUT2D eigenvalue weighted by Crippen LogP contribution is 2.13. The van der Waals surface area contributed by atoms with Crippen LogP contribution >= 0.6 is 0 Å². The van der Waals surface area contributed by atoms with Gasteiger partial charge in [0.2, 0.25) is 0 Å². The molecule has 5 nitrogen and oxygen atoms in total. The van der Waals surface area contributed by atoms with Crippen LogP contribution in [0.2, 0.25) is 0 Å². The van der Waals surface area contributed by atoms with E-state index < -0.39 is 0 Å². The summed E-state index contributed by atoms with van der Waals surface area (Å²) in [7, 11) is 0. The number of aromatic nitrogens is 1. The Bertz CT molecular complexity index is 400. The van der Waals surface area contributed by atoms with E-state index in [0.717, 1.165) is 5.56 Å². The average Bonchev–Trinajstić information content (AvgIpc) is 2.32. The Morgan fingerprint density at radius 2 is 2.50 bits per heavy atom. The lowest BCUT2D eigenvalue weighted by Gasteiger charge is -2.22. The van der Waals surface area contributed by atoms with Crippen molar-refractivity contribution in [2.24, 2.45) is 0 Å². The molecule has 1 aromatic heterocycles. The van der Waals surface area contributed by atoms with Crippen LogP contribution in [0.15, 0.2) is 12.3 Å². The van der Waals surface area contributed by atoms with Gasteiger partial charge in [-0.1, -0.05) is 0 Å². The van der Waals surface area contributed by atoms with E-state index in [1.54, 1.807) is 12.3 Å². The highest BCUT2D eigenvalue weighted by atomic mass is 16.5. The molecular formula is C11H15N3O2. The van der Waals surface area contributed by atoms with E-state index in [0.29, 0.717) is 25.3 Å². The van der Waals surface area contributed by atoms with E-state index in [9.17, 15) is 4.79 Å². The van der Waals surface area contributed by atoms with E-state index in [1.165, 1.54) is 0 Å². The van der Waals surface area contributed by atoms with Crippen molar-refractivity contribution in [3.8, 4) is 0 Å². The molecule has 0 bridgehead atoms. The average molecular weight is 221 g/mol. The van der Waals surface area contributed by atoms with Gasteiger partial charge in [-0.3, -0.25) is 4.79 Å². The molecule has 0 radical (unpaired) electrons. The molecule has 1 unspecified atom stereocenters. The van der Waals surface area contributed by atoms with Gasteiger partial charge in [0.15, 0.2) is 5.78 Å². The maximum absolute atomic E-state index is 12.1. The minimum Gasteiger partial charge on any atom is -0.383 e. The van der Waals surface area contributed by atoms with Crippen molar-refractivity contribution in [2.75, 3.05) is 25.5 Å². The number of pyridine rings is 1. The summed E-state index contributed by atoms with van der Waals surface area (Å²) >= 11 is 0. The molecular weight excluding hydrogens is 206 g/mol. The van der Waals surface area contributed by atoms with Gasteiger partial charge >= 0.3 is 0 Å². The third kappa shape index (κ3) is 2.20. The first-order chi connectivity index (χ1) is 7.68. The minimum absolute atomic E-state index is 0.0478. The second kappa shape index (κ2) is 4.59. The van der Waals surface area contributed by atoms with E-state index >= 15 is 0 Å². The van der Waals surface area contributed by atoms with Crippen molar-refractivity contribution in [1.29, 1.82) is 0 Å². The number of anilines is 1. The van der Waals surface area contributed by atoms with Gasteiger partial charge in [-0.05, 0) is 18.6 Å². The third-order valence-electron chi connectivity index (χ3n) is 2.56. The summed E-state index contributed by atoms with van der Waals surface area (Å²) in [6.45, 7) is 3.61. The summed E-state index contributed by atoms with van der Waals surface area (Å²) in [5, 5.41) is 3.11. The molecule has 1 aliphatic heterocycles. The van der Waals surface area contributed by atoms with Gasteiger partial charge in [-0.25, -0.2) is 4.98 Å². The van der Waals surface area contributed by atoms with Crippen LogP contribution in [0.3, 0.4) is 0 Å². The summed E-state index contributed by atoms with van der Waals surface area (Å²) in [6, 6.07) is 1.46. The molecule has 0 saturated carbocycles. The zero-order valence-electron chi connectivity index (χ0n) is 9.19. The van der Waals surface area contributed by atoms with Crippen LogP contribution in [0.25, 0.3) is 0 Å². The molecule has 0 amide bonds. The number of nitrogens with one attached hydrogen (secondary N) is 1. The second-order valence-electron chi connectivity index (χ2n) is 3.89. The Morgan fingerprint density at radius 3 is 3.19 bits per heavy atom. The Morgan fingerprint density at radius 1 is 1.69 bits per heavy atom. The first-order valence-corrected chi connectivity index (χ1v) is 5.26. The summed E-state index contributed by atoms with van der Waals surface area (Å²) in [5.41, 5.74) is 7.10. The predicted octanol–water partition coefficient (Wildman–Crippen LogP) is 0.143. The van der Waals surface area contributed by atoms with E-state index in [4.69, 9.17) is 10.5 Å². The Hall–Kier alpha value is -1.46. The zero-order valence-corrected chi connectivity index (χ0v) is 9.19. The van der Waals surface area contributed by atoms with Crippen LogP contribution < -0.4 is 11.1 Å². The van der Waals surface area contributed by atoms with Crippen molar-refractivity contribution < 1.29 is 9.53 Å². The molecule has 86 valence electrons. The number of nitrogens with zero attached hydrogens (tertiary/aromatic N) is 1. The lowest BCUT2D eigenvalue weighted by Crippen LogP contribution is -2.46. The first-order valence-electron chi connectivity index (χ1n) is 5.26. The van der Waals surface area contributed by atoms with Gasteiger partial charge < -0.3 is 15.8 Å². The number of ether oxygens (including phenoxy) is 1. The topological polar surface area (TPSA) is 77.2 Å². The Balaban J connectivity index is 2.22. The number of aryl methyl sites for hydroxylation is 1. The molecule has 5 heteroatoms. The minimum atomic E-state index is -0.306. The normalized spacial score (nSPS) is 20.7. The quantitative estimate of drug-likeness (QED) is 0.695. The van der Waals surface area contributed by atoms with Crippen LogP contribution in [-0.4, -0.2) is 36.6 Å². The van der Waals surface area contributed by atoms with E-state index in [-0.39, 0.29) is 17.6 Å². The Kier molecular flexibility index (Phi) is 3.17. The van der Waals surface area contributed by atoms with Crippen molar-refractivity contribution in [2.45, 2.75) is 13.0 Å². The molecule has 1 aromatic rings. The number of hydrogen-bond donors (Lipinski definition) is 2.